The van der Waals surface area contributed by atoms with E-state index >= 15 is 0 Å². The van der Waals surface area contributed by atoms with Gasteiger partial charge in [0.2, 0.25) is 11.8 Å². The molecule has 2 heterocycles. The summed E-state index contributed by atoms with van der Waals surface area (Å²) >= 11 is 0. The minimum absolute atomic E-state index is 0.0367. The van der Waals surface area contributed by atoms with Gasteiger partial charge in [0.1, 0.15) is 0 Å². The summed E-state index contributed by atoms with van der Waals surface area (Å²) in [5, 5.41) is 3.04. The Hall–Kier alpha value is -2.40. The maximum Gasteiger partial charge on any atom is 0.237 e. The van der Waals surface area contributed by atoms with E-state index in [4.69, 9.17) is 4.74 Å². The molecule has 1 N–H and O–H groups in total. The molecule has 1 unspecified atom stereocenters. The number of nitrogens with one attached hydrogen (secondary N) is 1. The fourth-order valence-electron chi connectivity index (χ4n) is 3.23. The van der Waals surface area contributed by atoms with Crippen molar-refractivity contribution < 1.29 is 9.53 Å². The Morgan fingerprint density at radius 1 is 1.27 bits per heavy atom. The molecule has 1 amide bonds. The molecule has 138 valence electrons. The molecular formula is C21H27N3O2. The van der Waals surface area contributed by atoms with E-state index < -0.39 is 0 Å². The third-order valence-corrected chi connectivity index (χ3v) is 4.83. The summed E-state index contributed by atoms with van der Waals surface area (Å²) in [5.74, 6) is 0.642. The van der Waals surface area contributed by atoms with Gasteiger partial charge >= 0.3 is 0 Å². The zero-order valence-electron chi connectivity index (χ0n) is 15.6. The lowest BCUT2D eigenvalue weighted by atomic mass is 9.99. The number of aromatic nitrogens is 1. The number of benzene rings is 1. The molecule has 5 heteroatoms. The molecule has 0 bridgehead atoms. The highest BCUT2D eigenvalue weighted by atomic mass is 16.5. The monoisotopic (exact) mass is 353 g/mol. The van der Waals surface area contributed by atoms with Gasteiger partial charge in [-0.1, -0.05) is 37.3 Å². The molecule has 1 aliphatic rings. The van der Waals surface area contributed by atoms with Crippen molar-refractivity contribution >= 4 is 5.91 Å². The van der Waals surface area contributed by atoms with Crippen molar-refractivity contribution in [3.63, 3.8) is 0 Å². The number of pyridine rings is 1. The highest BCUT2D eigenvalue weighted by Crippen LogP contribution is 2.20. The number of carbonyl (C=O) groups excluding carboxylic acids is 1. The predicted octanol–water partition coefficient (Wildman–Crippen LogP) is 2.93. The maximum atomic E-state index is 12.6. The topological polar surface area (TPSA) is 54.5 Å². The molecule has 5 nitrogen and oxygen atoms in total. The summed E-state index contributed by atoms with van der Waals surface area (Å²) in [6.07, 6.45) is 3.63. The molecule has 26 heavy (non-hydrogen) atoms. The van der Waals surface area contributed by atoms with Crippen LogP contribution >= 0.6 is 0 Å². The van der Waals surface area contributed by atoms with E-state index in [0.717, 1.165) is 31.5 Å². The first-order valence-corrected chi connectivity index (χ1v) is 9.34. The van der Waals surface area contributed by atoms with Gasteiger partial charge in [0.15, 0.2) is 0 Å². The van der Waals surface area contributed by atoms with Crippen LogP contribution in [0.3, 0.4) is 0 Å². The molecule has 2 aromatic rings. The minimum Gasteiger partial charge on any atom is -0.477 e. The number of carbonyl (C=O) groups is 1. The van der Waals surface area contributed by atoms with Gasteiger partial charge in [0.05, 0.1) is 12.6 Å². The summed E-state index contributed by atoms with van der Waals surface area (Å²) in [6.45, 7) is 6.82. The van der Waals surface area contributed by atoms with Crippen molar-refractivity contribution in [3.8, 4) is 5.88 Å². The van der Waals surface area contributed by atoms with Gasteiger partial charge in [-0.2, -0.15) is 0 Å². The highest BCUT2D eigenvalue weighted by Gasteiger charge is 2.25. The number of hydrogen-bond acceptors (Lipinski definition) is 4. The van der Waals surface area contributed by atoms with Crippen LogP contribution in [0.25, 0.3) is 0 Å². The van der Waals surface area contributed by atoms with Crippen LogP contribution in [0.2, 0.25) is 0 Å². The molecule has 1 aromatic heterocycles. The minimum atomic E-state index is -0.167. The van der Waals surface area contributed by atoms with Crippen LogP contribution in [0, 0.1) is 0 Å². The number of rotatable bonds is 7. The fourth-order valence-corrected chi connectivity index (χ4v) is 3.23. The number of fused-ring (bicyclic) bond motifs is 1. The van der Waals surface area contributed by atoms with E-state index in [9.17, 15) is 4.79 Å². The Morgan fingerprint density at radius 3 is 2.88 bits per heavy atom. The van der Waals surface area contributed by atoms with E-state index in [1.807, 2.05) is 19.1 Å². The van der Waals surface area contributed by atoms with E-state index in [0.29, 0.717) is 19.0 Å². The van der Waals surface area contributed by atoms with E-state index in [1.54, 1.807) is 6.20 Å². The average Bonchev–Trinajstić information content (AvgIpc) is 2.70. The second-order valence-electron chi connectivity index (χ2n) is 6.70. The highest BCUT2D eigenvalue weighted by molar-refractivity contribution is 5.81. The number of ether oxygens (including phenoxy) is 1. The first-order valence-electron chi connectivity index (χ1n) is 9.34. The lowest BCUT2D eigenvalue weighted by Crippen LogP contribution is -2.46. The molecule has 0 spiro atoms. The van der Waals surface area contributed by atoms with Gasteiger partial charge in [-0.05, 0) is 37.0 Å². The first kappa shape index (κ1) is 18.4. The van der Waals surface area contributed by atoms with Crippen LogP contribution in [-0.2, 0) is 24.3 Å². The van der Waals surface area contributed by atoms with Crippen LogP contribution < -0.4 is 10.1 Å². The first-order chi connectivity index (χ1) is 12.7. The smallest absolute Gasteiger partial charge is 0.237 e. The molecule has 1 aromatic carbocycles. The van der Waals surface area contributed by atoms with Crippen molar-refractivity contribution in [1.82, 2.24) is 15.2 Å². The van der Waals surface area contributed by atoms with Crippen molar-refractivity contribution in [2.45, 2.75) is 45.8 Å². The van der Waals surface area contributed by atoms with Crippen molar-refractivity contribution in [1.29, 1.82) is 0 Å². The number of amides is 1. The van der Waals surface area contributed by atoms with Crippen LogP contribution in [0.15, 0.2) is 42.6 Å². The molecule has 0 radical (unpaired) electrons. The van der Waals surface area contributed by atoms with Gasteiger partial charge in [-0.15, -0.1) is 0 Å². The Kier molecular flexibility index (Phi) is 6.23. The Labute approximate surface area is 155 Å². The van der Waals surface area contributed by atoms with Crippen LogP contribution in [0.4, 0.5) is 0 Å². The Balaban J connectivity index is 1.57. The molecule has 1 atom stereocenters. The summed E-state index contributed by atoms with van der Waals surface area (Å²) in [7, 11) is 0. The normalized spacial score (nSPS) is 15.2. The van der Waals surface area contributed by atoms with Crippen molar-refractivity contribution in [2.24, 2.45) is 0 Å². The summed E-state index contributed by atoms with van der Waals surface area (Å²) < 4.78 is 5.66. The van der Waals surface area contributed by atoms with E-state index in [1.165, 1.54) is 11.1 Å². The van der Waals surface area contributed by atoms with Gasteiger partial charge in [-0.3, -0.25) is 9.69 Å². The van der Waals surface area contributed by atoms with Gasteiger partial charge in [0, 0.05) is 31.4 Å². The zero-order valence-corrected chi connectivity index (χ0v) is 15.6. The second-order valence-corrected chi connectivity index (χ2v) is 6.70. The second kappa shape index (κ2) is 8.81. The molecule has 0 fully saturated rings. The predicted molar refractivity (Wildman–Crippen MR) is 102 cm³/mol. The molecule has 0 aliphatic carbocycles. The van der Waals surface area contributed by atoms with Crippen LogP contribution in [0.1, 0.15) is 37.0 Å². The zero-order chi connectivity index (χ0) is 18.4. The SMILES string of the molecule is CCCOc1ncccc1CNC(=O)C(C)N1CCc2ccccc2C1. The average molecular weight is 353 g/mol. The summed E-state index contributed by atoms with van der Waals surface area (Å²) in [4.78, 5) is 19.1. The molecule has 0 saturated heterocycles. The Morgan fingerprint density at radius 2 is 2.08 bits per heavy atom. The largest absolute Gasteiger partial charge is 0.477 e. The summed E-state index contributed by atoms with van der Waals surface area (Å²) in [5.41, 5.74) is 3.62. The maximum absolute atomic E-state index is 12.6. The fraction of sp³-hybridized carbons (Fsp3) is 0.429. The molecular weight excluding hydrogens is 326 g/mol. The quantitative estimate of drug-likeness (QED) is 0.831. The third kappa shape index (κ3) is 4.41. The number of hydrogen-bond donors (Lipinski definition) is 1. The molecule has 3 rings (SSSR count). The lowest BCUT2D eigenvalue weighted by molar-refractivity contribution is -0.126. The number of nitrogens with zero attached hydrogens (tertiary/aromatic N) is 2. The third-order valence-electron chi connectivity index (χ3n) is 4.83. The van der Waals surface area contributed by atoms with Crippen molar-refractivity contribution in [2.75, 3.05) is 13.2 Å². The van der Waals surface area contributed by atoms with E-state index in [2.05, 4.69) is 46.4 Å². The summed E-state index contributed by atoms with van der Waals surface area (Å²) in [6, 6.07) is 12.1. The Bertz CT molecular complexity index is 748. The van der Waals surface area contributed by atoms with Gasteiger partial charge in [0.25, 0.3) is 0 Å². The molecule has 0 saturated carbocycles. The standard InChI is InChI=1S/C21H27N3O2/c1-3-13-26-21-18(9-6-11-22-21)14-23-20(25)16(2)24-12-10-17-7-4-5-8-19(17)15-24/h4-9,11,16H,3,10,12-15H2,1-2H3,(H,23,25). The van der Waals surface area contributed by atoms with Crippen LogP contribution in [-0.4, -0.2) is 35.0 Å². The van der Waals surface area contributed by atoms with Gasteiger partial charge < -0.3 is 10.1 Å². The van der Waals surface area contributed by atoms with Crippen LogP contribution in [0.5, 0.6) is 5.88 Å². The van der Waals surface area contributed by atoms with E-state index in [-0.39, 0.29) is 11.9 Å². The molecule has 1 aliphatic heterocycles. The lowest BCUT2D eigenvalue weighted by Gasteiger charge is -2.32. The van der Waals surface area contributed by atoms with Crippen molar-refractivity contribution in [3.05, 3.63) is 59.3 Å². The van der Waals surface area contributed by atoms with Gasteiger partial charge in [-0.25, -0.2) is 4.98 Å².